The molecule has 0 bridgehead atoms. The first-order chi connectivity index (χ1) is 8.71. The predicted molar refractivity (Wildman–Crippen MR) is 73.5 cm³/mol. The van der Waals surface area contributed by atoms with Crippen molar-refractivity contribution in [1.29, 1.82) is 0 Å². The van der Waals surface area contributed by atoms with Crippen molar-refractivity contribution in [2.45, 2.75) is 25.4 Å². The van der Waals surface area contributed by atoms with Crippen LogP contribution in [0.5, 0.6) is 0 Å². The topological polar surface area (TPSA) is 39.3 Å². The van der Waals surface area contributed by atoms with Gasteiger partial charge in [0.2, 0.25) is 0 Å². The smallest absolute Gasteiger partial charge is 0.0921 e. The molecule has 3 nitrogen and oxygen atoms in total. The molecule has 1 fully saturated rings. The van der Waals surface area contributed by atoms with E-state index in [0.29, 0.717) is 0 Å². The molecule has 2 aromatic rings. The SMILES string of the molecule is CCN1CCC(O)(c2ccc3[nH]ccc3c2)CC1. The zero-order valence-corrected chi connectivity index (χ0v) is 10.8. The maximum absolute atomic E-state index is 10.8. The highest BCUT2D eigenvalue weighted by molar-refractivity contribution is 5.80. The summed E-state index contributed by atoms with van der Waals surface area (Å²) in [5.74, 6) is 0. The molecule has 18 heavy (non-hydrogen) atoms. The number of aromatic nitrogens is 1. The lowest BCUT2D eigenvalue weighted by molar-refractivity contribution is -0.0245. The van der Waals surface area contributed by atoms with Crippen LogP contribution in [0.4, 0.5) is 0 Å². The van der Waals surface area contributed by atoms with Crippen LogP contribution in [-0.4, -0.2) is 34.6 Å². The molecule has 1 saturated heterocycles. The molecule has 3 rings (SSSR count). The second-order valence-corrected chi connectivity index (χ2v) is 5.25. The van der Waals surface area contributed by atoms with Crippen LogP contribution in [0.3, 0.4) is 0 Å². The summed E-state index contributed by atoms with van der Waals surface area (Å²) in [6.07, 6.45) is 3.60. The number of fused-ring (bicyclic) bond motifs is 1. The first-order valence-corrected chi connectivity index (χ1v) is 6.74. The zero-order valence-electron chi connectivity index (χ0n) is 10.8. The number of hydrogen-bond acceptors (Lipinski definition) is 2. The number of aliphatic hydroxyl groups is 1. The van der Waals surface area contributed by atoms with Crippen LogP contribution in [0.2, 0.25) is 0 Å². The Labute approximate surface area is 107 Å². The quantitative estimate of drug-likeness (QED) is 0.852. The van der Waals surface area contributed by atoms with Gasteiger partial charge in [0, 0.05) is 24.8 Å². The van der Waals surface area contributed by atoms with E-state index in [1.807, 2.05) is 6.20 Å². The van der Waals surface area contributed by atoms with Gasteiger partial charge in [-0.15, -0.1) is 0 Å². The van der Waals surface area contributed by atoms with Gasteiger partial charge in [-0.1, -0.05) is 13.0 Å². The number of piperidine rings is 1. The molecule has 2 heterocycles. The number of rotatable bonds is 2. The van der Waals surface area contributed by atoms with E-state index in [1.165, 1.54) is 5.39 Å². The molecule has 1 aliphatic rings. The van der Waals surface area contributed by atoms with Crippen LogP contribution < -0.4 is 0 Å². The summed E-state index contributed by atoms with van der Waals surface area (Å²) in [7, 11) is 0. The van der Waals surface area contributed by atoms with Gasteiger partial charge in [0.15, 0.2) is 0 Å². The number of nitrogens with one attached hydrogen (secondary N) is 1. The second kappa shape index (κ2) is 4.41. The highest BCUT2D eigenvalue weighted by Gasteiger charge is 2.33. The zero-order chi connectivity index (χ0) is 12.6. The van der Waals surface area contributed by atoms with Crippen molar-refractivity contribution in [2.24, 2.45) is 0 Å². The van der Waals surface area contributed by atoms with Crippen LogP contribution in [0.15, 0.2) is 30.5 Å². The van der Waals surface area contributed by atoms with Gasteiger partial charge in [-0.3, -0.25) is 0 Å². The van der Waals surface area contributed by atoms with E-state index in [-0.39, 0.29) is 0 Å². The Balaban J connectivity index is 1.88. The summed E-state index contributed by atoms with van der Waals surface area (Å²) in [4.78, 5) is 5.58. The van der Waals surface area contributed by atoms with Crippen molar-refractivity contribution >= 4 is 10.9 Å². The van der Waals surface area contributed by atoms with Crippen molar-refractivity contribution in [1.82, 2.24) is 9.88 Å². The minimum Gasteiger partial charge on any atom is -0.385 e. The minimum atomic E-state index is -0.642. The van der Waals surface area contributed by atoms with Gasteiger partial charge < -0.3 is 15.0 Å². The maximum Gasteiger partial charge on any atom is 0.0921 e. The van der Waals surface area contributed by atoms with Gasteiger partial charge >= 0.3 is 0 Å². The number of benzene rings is 1. The lowest BCUT2D eigenvalue weighted by Crippen LogP contribution is -2.42. The predicted octanol–water partition coefficient (Wildman–Crippen LogP) is 2.47. The molecular formula is C15H20N2O. The summed E-state index contributed by atoms with van der Waals surface area (Å²) < 4.78 is 0. The van der Waals surface area contributed by atoms with Crippen LogP contribution in [-0.2, 0) is 5.60 Å². The molecule has 0 unspecified atom stereocenters. The first kappa shape index (κ1) is 11.8. The summed E-state index contributed by atoms with van der Waals surface area (Å²) >= 11 is 0. The highest BCUT2D eigenvalue weighted by Crippen LogP contribution is 2.34. The lowest BCUT2D eigenvalue weighted by Gasteiger charge is -2.38. The van der Waals surface area contributed by atoms with E-state index in [2.05, 4.69) is 41.1 Å². The van der Waals surface area contributed by atoms with Crippen LogP contribution >= 0.6 is 0 Å². The number of nitrogens with zero attached hydrogens (tertiary/aromatic N) is 1. The molecule has 1 aliphatic heterocycles. The third-order valence-electron chi connectivity index (χ3n) is 4.22. The molecule has 0 spiro atoms. The van der Waals surface area contributed by atoms with E-state index in [9.17, 15) is 5.11 Å². The van der Waals surface area contributed by atoms with Crippen molar-refractivity contribution < 1.29 is 5.11 Å². The van der Waals surface area contributed by atoms with Gasteiger partial charge in [0.05, 0.1) is 5.60 Å². The van der Waals surface area contributed by atoms with E-state index in [4.69, 9.17) is 0 Å². The molecule has 1 aromatic carbocycles. The Morgan fingerprint density at radius 3 is 2.78 bits per heavy atom. The van der Waals surface area contributed by atoms with Crippen molar-refractivity contribution in [3.8, 4) is 0 Å². The highest BCUT2D eigenvalue weighted by atomic mass is 16.3. The van der Waals surface area contributed by atoms with Crippen molar-refractivity contribution in [2.75, 3.05) is 19.6 Å². The molecule has 2 N–H and O–H groups in total. The lowest BCUT2D eigenvalue weighted by atomic mass is 9.84. The Bertz CT molecular complexity index is 538. The maximum atomic E-state index is 10.8. The number of likely N-dealkylation sites (tertiary alicyclic amines) is 1. The van der Waals surface area contributed by atoms with Crippen molar-refractivity contribution in [3.63, 3.8) is 0 Å². The number of hydrogen-bond donors (Lipinski definition) is 2. The summed E-state index contributed by atoms with van der Waals surface area (Å²) in [6.45, 7) is 5.22. The minimum absolute atomic E-state index is 0.642. The normalized spacial score (nSPS) is 20.3. The van der Waals surface area contributed by atoms with E-state index in [0.717, 1.165) is 43.6 Å². The van der Waals surface area contributed by atoms with Crippen LogP contribution in [0.1, 0.15) is 25.3 Å². The van der Waals surface area contributed by atoms with Crippen LogP contribution in [0, 0.1) is 0 Å². The van der Waals surface area contributed by atoms with Gasteiger partial charge in [0.1, 0.15) is 0 Å². The van der Waals surface area contributed by atoms with Crippen molar-refractivity contribution in [3.05, 3.63) is 36.0 Å². The van der Waals surface area contributed by atoms with E-state index >= 15 is 0 Å². The third kappa shape index (κ3) is 1.93. The second-order valence-electron chi connectivity index (χ2n) is 5.25. The first-order valence-electron chi connectivity index (χ1n) is 6.74. The molecule has 0 atom stereocenters. The molecule has 0 saturated carbocycles. The summed E-state index contributed by atoms with van der Waals surface area (Å²) in [5, 5.41) is 12.0. The standard InChI is InChI=1S/C15H20N2O/c1-2-17-9-6-15(18,7-10-17)13-3-4-14-12(11-13)5-8-16-14/h3-5,8,11,16,18H,2,6-7,9-10H2,1H3. The molecule has 0 radical (unpaired) electrons. The third-order valence-corrected chi connectivity index (χ3v) is 4.22. The molecule has 0 amide bonds. The monoisotopic (exact) mass is 244 g/mol. The Morgan fingerprint density at radius 2 is 2.06 bits per heavy atom. The Kier molecular flexibility index (Phi) is 2.88. The number of aromatic amines is 1. The molecular weight excluding hydrogens is 224 g/mol. The molecule has 1 aromatic heterocycles. The number of H-pyrrole nitrogens is 1. The average Bonchev–Trinajstić information content (AvgIpc) is 2.87. The van der Waals surface area contributed by atoms with Gasteiger partial charge in [-0.05, 0) is 48.5 Å². The molecule has 96 valence electrons. The largest absolute Gasteiger partial charge is 0.385 e. The summed E-state index contributed by atoms with van der Waals surface area (Å²) in [5.41, 5.74) is 1.55. The van der Waals surface area contributed by atoms with Gasteiger partial charge in [-0.25, -0.2) is 0 Å². The fourth-order valence-electron chi connectivity index (χ4n) is 2.87. The average molecular weight is 244 g/mol. The van der Waals surface area contributed by atoms with E-state index < -0.39 is 5.60 Å². The summed E-state index contributed by atoms with van der Waals surface area (Å²) in [6, 6.07) is 8.30. The van der Waals surface area contributed by atoms with Gasteiger partial charge in [0.25, 0.3) is 0 Å². The molecule has 0 aliphatic carbocycles. The fourth-order valence-corrected chi connectivity index (χ4v) is 2.87. The Morgan fingerprint density at radius 1 is 1.28 bits per heavy atom. The Hall–Kier alpha value is -1.32. The van der Waals surface area contributed by atoms with E-state index in [1.54, 1.807) is 0 Å². The van der Waals surface area contributed by atoms with Crippen LogP contribution in [0.25, 0.3) is 10.9 Å². The molecule has 3 heteroatoms. The fraction of sp³-hybridized carbons (Fsp3) is 0.467. The van der Waals surface area contributed by atoms with Gasteiger partial charge in [-0.2, -0.15) is 0 Å².